The Bertz CT molecular complexity index is 713. The maximum Gasteiger partial charge on any atom is 0.416 e. The molecule has 0 aliphatic carbocycles. The van der Waals surface area contributed by atoms with Crippen LogP contribution >= 0.6 is 0 Å². The molecule has 1 atom stereocenters. The van der Waals surface area contributed by atoms with Gasteiger partial charge in [-0.2, -0.15) is 13.2 Å². The van der Waals surface area contributed by atoms with Crippen molar-refractivity contribution in [1.29, 1.82) is 0 Å². The van der Waals surface area contributed by atoms with E-state index >= 15 is 0 Å². The van der Waals surface area contributed by atoms with Gasteiger partial charge >= 0.3 is 12.1 Å². The summed E-state index contributed by atoms with van der Waals surface area (Å²) in [4.78, 5) is 11.4. The fourth-order valence-electron chi connectivity index (χ4n) is 2.11. The van der Waals surface area contributed by atoms with Crippen molar-refractivity contribution >= 4 is 5.97 Å². The Morgan fingerprint density at radius 1 is 1.12 bits per heavy atom. The Morgan fingerprint density at radius 3 is 2.42 bits per heavy atom. The summed E-state index contributed by atoms with van der Waals surface area (Å²) < 4.78 is 48.6. The second-order valence-corrected chi connectivity index (χ2v) is 5.03. The van der Waals surface area contributed by atoms with Gasteiger partial charge in [-0.25, -0.2) is 4.79 Å². The number of halogens is 3. The summed E-state index contributed by atoms with van der Waals surface area (Å²) in [5.41, 5.74) is -0.606. The highest BCUT2D eigenvalue weighted by molar-refractivity contribution is 5.73. The fraction of sp³-hybridized carbons (Fsp3) is 0.235. The molecule has 0 aliphatic heterocycles. The van der Waals surface area contributed by atoms with Gasteiger partial charge in [0.2, 0.25) is 0 Å². The lowest BCUT2D eigenvalue weighted by atomic mass is 10.0. The van der Waals surface area contributed by atoms with E-state index in [1.165, 1.54) is 25.3 Å². The van der Waals surface area contributed by atoms with Gasteiger partial charge in [0.25, 0.3) is 0 Å². The molecule has 7 heteroatoms. The van der Waals surface area contributed by atoms with Crippen LogP contribution in [-0.2, 0) is 17.4 Å². The number of methoxy groups -OCH3 is 1. The van der Waals surface area contributed by atoms with Crippen LogP contribution in [-0.4, -0.2) is 24.3 Å². The van der Waals surface area contributed by atoms with Crippen molar-refractivity contribution in [3.05, 3.63) is 59.7 Å². The lowest BCUT2D eigenvalue weighted by Gasteiger charge is -2.16. The van der Waals surface area contributed by atoms with Gasteiger partial charge in [0.15, 0.2) is 6.10 Å². The van der Waals surface area contributed by atoms with Gasteiger partial charge in [-0.05, 0) is 23.8 Å². The van der Waals surface area contributed by atoms with Crippen molar-refractivity contribution in [3.8, 4) is 11.5 Å². The van der Waals surface area contributed by atoms with Crippen LogP contribution in [0, 0.1) is 0 Å². The number of rotatable bonds is 6. The van der Waals surface area contributed by atoms with Crippen molar-refractivity contribution in [3.63, 3.8) is 0 Å². The molecule has 0 saturated carbocycles. The molecule has 24 heavy (non-hydrogen) atoms. The molecular weight excluding hydrogens is 325 g/mol. The van der Waals surface area contributed by atoms with Crippen LogP contribution in [0.3, 0.4) is 0 Å². The molecule has 2 aromatic rings. The Hall–Kier alpha value is -2.70. The van der Waals surface area contributed by atoms with Gasteiger partial charge in [0.05, 0.1) is 12.7 Å². The molecule has 2 aromatic carbocycles. The number of hydrogen-bond acceptors (Lipinski definition) is 3. The Morgan fingerprint density at radius 2 is 1.79 bits per heavy atom. The molecule has 0 heterocycles. The van der Waals surface area contributed by atoms with Gasteiger partial charge in [0, 0.05) is 12.5 Å². The Kier molecular flexibility index (Phi) is 5.33. The minimum Gasteiger partial charge on any atom is -0.497 e. The summed E-state index contributed by atoms with van der Waals surface area (Å²) >= 11 is 0. The van der Waals surface area contributed by atoms with E-state index in [9.17, 15) is 23.1 Å². The molecular formula is C17H15F3O4. The lowest BCUT2D eigenvalue weighted by molar-refractivity contribution is -0.145. The largest absolute Gasteiger partial charge is 0.497 e. The third kappa shape index (κ3) is 4.65. The third-order valence-electron chi connectivity index (χ3n) is 3.27. The quantitative estimate of drug-likeness (QED) is 0.869. The second-order valence-electron chi connectivity index (χ2n) is 5.03. The van der Waals surface area contributed by atoms with Crippen molar-refractivity contribution < 1.29 is 32.5 Å². The molecule has 0 radical (unpaired) electrons. The third-order valence-corrected chi connectivity index (χ3v) is 3.27. The number of carbonyl (C=O) groups is 1. The molecule has 0 unspecified atom stereocenters. The van der Waals surface area contributed by atoms with E-state index in [2.05, 4.69) is 0 Å². The monoisotopic (exact) mass is 340 g/mol. The van der Waals surface area contributed by atoms with Crippen LogP contribution in [0.25, 0.3) is 0 Å². The van der Waals surface area contributed by atoms with Crippen LogP contribution in [0.15, 0.2) is 48.5 Å². The van der Waals surface area contributed by atoms with E-state index in [-0.39, 0.29) is 17.7 Å². The SMILES string of the molecule is COc1cccc(O[C@@H](Cc2cccc(C(F)(F)F)c2)C(=O)O)c1. The first kappa shape index (κ1) is 17.7. The number of hydrogen-bond donors (Lipinski definition) is 1. The maximum atomic E-state index is 12.7. The van der Waals surface area contributed by atoms with E-state index in [1.54, 1.807) is 18.2 Å². The molecule has 4 nitrogen and oxygen atoms in total. The first-order chi connectivity index (χ1) is 11.3. The number of ether oxygens (including phenoxy) is 2. The molecule has 1 N–H and O–H groups in total. The highest BCUT2D eigenvalue weighted by atomic mass is 19.4. The molecule has 0 spiro atoms. The van der Waals surface area contributed by atoms with Gasteiger partial charge in [-0.3, -0.25) is 0 Å². The summed E-state index contributed by atoms with van der Waals surface area (Å²) in [6.45, 7) is 0. The van der Waals surface area contributed by atoms with Crippen LogP contribution in [0.5, 0.6) is 11.5 Å². The zero-order valence-corrected chi connectivity index (χ0v) is 12.7. The van der Waals surface area contributed by atoms with Crippen molar-refractivity contribution in [2.75, 3.05) is 7.11 Å². The van der Waals surface area contributed by atoms with Crippen molar-refractivity contribution in [2.24, 2.45) is 0 Å². The van der Waals surface area contributed by atoms with E-state index in [1.807, 2.05) is 0 Å². The minimum absolute atomic E-state index is 0.198. The highest BCUT2D eigenvalue weighted by Crippen LogP contribution is 2.30. The highest BCUT2D eigenvalue weighted by Gasteiger charge is 2.31. The topological polar surface area (TPSA) is 55.8 Å². The number of carboxylic acid groups (broad SMARTS) is 1. The van der Waals surface area contributed by atoms with E-state index in [0.717, 1.165) is 12.1 Å². The van der Waals surface area contributed by atoms with Gasteiger partial charge < -0.3 is 14.6 Å². The number of aliphatic carboxylic acids is 1. The van der Waals surface area contributed by atoms with Gasteiger partial charge in [0.1, 0.15) is 11.5 Å². The maximum absolute atomic E-state index is 12.7. The molecule has 0 bridgehead atoms. The predicted octanol–water partition coefficient (Wildman–Crippen LogP) is 3.79. The first-order valence-corrected chi connectivity index (χ1v) is 6.99. The average Bonchev–Trinajstić information content (AvgIpc) is 2.54. The number of benzene rings is 2. The Balaban J connectivity index is 2.18. The van der Waals surface area contributed by atoms with Crippen LogP contribution < -0.4 is 9.47 Å². The smallest absolute Gasteiger partial charge is 0.416 e. The van der Waals surface area contributed by atoms with E-state index in [0.29, 0.717) is 5.75 Å². The van der Waals surface area contributed by atoms with Crippen LogP contribution in [0.2, 0.25) is 0 Å². The zero-order valence-electron chi connectivity index (χ0n) is 12.7. The van der Waals surface area contributed by atoms with Crippen LogP contribution in [0.1, 0.15) is 11.1 Å². The van der Waals surface area contributed by atoms with E-state index < -0.39 is 23.8 Å². The van der Waals surface area contributed by atoms with Gasteiger partial charge in [-0.1, -0.05) is 24.3 Å². The molecule has 0 saturated heterocycles. The van der Waals surface area contributed by atoms with Crippen molar-refractivity contribution in [2.45, 2.75) is 18.7 Å². The number of carboxylic acids is 1. The predicted molar refractivity (Wildman–Crippen MR) is 80.2 cm³/mol. The summed E-state index contributed by atoms with van der Waals surface area (Å²) in [6.07, 6.45) is -6.00. The van der Waals surface area contributed by atoms with Crippen LogP contribution in [0.4, 0.5) is 13.2 Å². The Labute approximate surface area is 136 Å². The minimum atomic E-state index is -4.48. The molecule has 128 valence electrons. The standard InChI is InChI=1S/C17H15F3O4/c1-23-13-6-3-7-14(10-13)24-15(16(21)22)9-11-4-2-5-12(8-11)17(18,19)20/h2-8,10,15H,9H2,1H3,(H,21,22)/t15-/m0/s1. The summed E-state index contributed by atoms with van der Waals surface area (Å²) in [5, 5.41) is 9.27. The summed E-state index contributed by atoms with van der Waals surface area (Å²) in [5.74, 6) is -0.528. The first-order valence-electron chi connectivity index (χ1n) is 6.99. The van der Waals surface area contributed by atoms with Gasteiger partial charge in [-0.15, -0.1) is 0 Å². The van der Waals surface area contributed by atoms with E-state index in [4.69, 9.17) is 9.47 Å². The molecule has 2 rings (SSSR count). The zero-order chi connectivity index (χ0) is 17.7. The lowest BCUT2D eigenvalue weighted by Crippen LogP contribution is -2.29. The summed E-state index contributed by atoms with van der Waals surface area (Å²) in [7, 11) is 1.45. The molecule has 0 aromatic heterocycles. The van der Waals surface area contributed by atoms with Crippen molar-refractivity contribution in [1.82, 2.24) is 0 Å². The molecule has 0 fully saturated rings. The molecule has 0 amide bonds. The normalized spacial score (nSPS) is 12.5. The average molecular weight is 340 g/mol. The fourth-order valence-corrected chi connectivity index (χ4v) is 2.11. The second kappa shape index (κ2) is 7.25. The summed E-state index contributed by atoms with van der Waals surface area (Å²) in [6, 6.07) is 10.9. The molecule has 0 aliphatic rings. The number of alkyl halides is 3.